The molecule has 18 heteroatoms. The second-order valence-electron chi connectivity index (χ2n) is 19.6. The summed E-state index contributed by atoms with van der Waals surface area (Å²) in [5, 5.41) is 7.51. The lowest BCUT2D eigenvalue weighted by Crippen LogP contribution is -2.09. The van der Waals surface area contributed by atoms with Gasteiger partial charge in [0, 0.05) is 42.6 Å². The summed E-state index contributed by atoms with van der Waals surface area (Å²) < 4.78 is 65.5. The molecule has 11 nitrogen and oxygen atoms in total. The van der Waals surface area contributed by atoms with Crippen LogP contribution in [-0.4, -0.2) is 74.2 Å². The maximum atomic E-state index is 11.1. The lowest BCUT2D eigenvalue weighted by Gasteiger charge is -2.04. The predicted octanol–water partition coefficient (Wildman–Crippen LogP) is 22.8. The van der Waals surface area contributed by atoms with Crippen molar-refractivity contribution in [3.63, 3.8) is 0 Å². The maximum absolute atomic E-state index is 11.1. The first-order valence-corrected chi connectivity index (χ1v) is 32.0. The number of aromatic nitrogens is 1. The number of carbonyl (C=O) groups is 4. The van der Waals surface area contributed by atoms with Crippen molar-refractivity contribution >= 4 is 70.8 Å². The highest BCUT2D eigenvalue weighted by Gasteiger charge is 2.26. The molecule has 1 atom stereocenters. The van der Waals surface area contributed by atoms with Gasteiger partial charge >= 0.3 is 30.1 Å². The fourth-order valence-electron chi connectivity index (χ4n) is 6.42. The quantitative estimate of drug-likeness (QED) is 0.00936. The number of unbranched alkanes of at least 4 members (excludes halogenated alkanes) is 24. The number of hydrogen-bond donors (Lipinski definition) is 0. The van der Waals surface area contributed by atoms with E-state index in [4.69, 9.17) is 59.0 Å². The van der Waals surface area contributed by atoms with Crippen LogP contribution in [0, 0.1) is 11.3 Å². The van der Waals surface area contributed by atoms with Crippen LogP contribution in [0.15, 0.2) is 154 Å². The van der Waals surface area contributed by atoms with E-state index < -0.39 is 12.9 Å². The molecule has 0 saturated carbocycles. The third kappa shape index (κ3) is 107. The van der Waals surface area contributed by atoms with E-state index in [1.54, 1.807) is 38.4 Å². The monoisotopic (exact) mass is 1330 g/mol. The van der Waals surface area contributed by atoms with E-state index in [1.807, 2.05) is 48.5 Å². The van der Waals surface area contributed by atoms with Gasteiger partial charge in [-0.2, -0.15) is 18.4 Å². The number of halogens is 7. The summed E-state index contributed by atoms with van der Waals surface area (Å²) in [6.07, 6.45) is 40.9. The van der Waals surface area contributed by atoms with Crippen LogP contribution in [0.2, 0.25) is 0 Å². The second-order valence-corrected chi connectivity index (χ2v) is 21.0. The molecule has 0 aliphatic carbocycles. The molecule has 0 radical (unpaired) electrons. The van der Waals surface area contributed by atoms with Gasteiger partial charge in [-0.25, -0.2) is 18.8 Å². The predicted molar refractivity (Wildman–Crippen MR) is 371 cm³/mol. The SMILES string of the molecule is C=C(C)C(=O)OCC1CO1.C=C(C)C(=O)OCCCCCCCCCCCC.C=C(Cl)Cl.C=CC#N.C=CC(=O)OCCCCCCCCCCCCCCCCCC.C=CCl.C=COC(C)=O.C=Cc1ccccc1.C=Cc1ccncc1.FCC(F)(F)F. The number of rotatable bonds is 36. The number of nitriles is 1. The number of carbonyl (C=O) groups excluding carboxylic acids is 4. The highest BCUT2D eigenvalue weighted by Crippen LogP contribution is 2.16. The summed E-state index contributed by atoms with van der Waals surface area (Å²) in [4.78, 5) is 46.2. The molecule has 1 fully saturated rings. The number of epoxide rings is 1. The molecule has 0 spiro atoms. The van der Waals surface area contributed by atoms with E-state index in [-0.39, 0.29) is 34.5 Å². The van der Waals surface area contributed by atoms with Crippen molar-refractivity contribution in [2.75, 3.05) is 33.1 Å². The van der Waals surface area contributed by atoms with Crippen LogP contribution in [0.5, 0.6) is 0 Å². The fraction of sp³-hybridized carbons (Fsp3) is 0.528. The van der Waals surface area contributed by atoms with Gasteiger partial charge in [0.1, 0.15) is 12.7 Å². The van der Waals surface area contributed by atoms with Gasteiger partial charge < -0.3 is 23.7 Å². The molecule has 2 aromatic rings. The third-order valence-corrected chi connectivity index (χ3v) is 11.1. The van der Waals surface area contributed by atoms with Crippen molar-refractivity contribution in [3.05, 3.63) is 165 Å². The number of ether oxygens (including phenoxy) is 5. The standard InChI is InChI=1S/C21H40O2.C16H30O2.C8H8.C7H7N.C7H10O3.C4H6O2.C3H3N.C2H2Cl2.C2H3Cl.C2H2F4/c1-3-5-6-7-8-9-10-11-12-13-14-15-16-17-18-19-20-23-21(22)4-2;1-4-5-6-7-8-9-10-11-12-13-14-18-16(17)15(2)3;1-2-8-6-4-3-5-7-8;1-2-7-3-5-8-6-4-7;1-5(2)7(8)10-4-6-3-9-6;1-3-6-4(2)5;1-2-3-4;1-2(3)4;1-2-3;3-1-2(4,5)6/h4H,2-3,5-20H2,1H3;2,4-14H2,1,3H3;2-7H,1H2;2-6H,1H2;6H,1,3-4H2,2H3;3H,1H2,2H3;2H,1H2;1H2;2H,1H2;1H2. The van der Waals surface area contributed by atoms with Crippen LogP contribution in [-0.2, 0) is 42.9 Å². The smallest absolute Gasteiger partial charge is 0.416 e. The van der Waals surface area contributed by atoms with Gasteiger partial charge in [-0.15, -0.1) is 0 Å². The Morgan fingerprint density at radius 2 is 0.922 bits per heavy atom. The molecule has 2 heterocycles. The minimum absolute atomic E-state index is 0.111. The Hall–Kier alpha value is -6.05. The average Bonchev–Trinajstić information content (AvgIpc) is 4.55. The number of alkyl halides is 4. The van der Waals surface area contributed by atoms with Crippen LogP contribution in [0.3, 0.4) is 0 Å². The summed E-state index contributed by atoms with van der Waals surface area (Å²) in [5.41, 5.74) is 4.43. The number of benzene rings is 1. The molecular formula is C72H111Cl3F4N2O9. The first-order valence-electron chi connectivity index (χ1n) is 30.8. The molecule has 512 valence electrons. The van der Waals surface area contributed by atoms with Gasteiger partial charge in [-0.3, -0.25) is 9.78 Å². The Morgan fingerprint density at radius 3 is 1.16 bits per heavy atom. The molecule has 1 saturated heterocycles. The normalized spacial score (nSPS) is 10.6. The Kier molecular flexibility index (Phi) is 87.8. The number of allylic oxidation sites excluding steroid dienone is 1. The van der Waals surface area contributed by atoms with Crippen molar-refractivity contribution in [1.29, 1.82) is 5.26 Å². The zero-order valence-electron chi connectivity index (χ0n) is 55.2. The van der Waals surface area contributed by atoms with Crippen molar-refractivity contribution < 1.29 is 60.4 Å². The largest absolute Gasteiger partial charge is 0.463 e. The zero-order valence-corrected chi connectivity index (χ0v) is 57.5. The maximum Gasteiger partial charge on any atom is 0.416 e. The summed E-state index contributed by atoms with van der Waals surface area (Å²) in [7, 11) is 0. The lowest BCUT2D eigenvalue weighted by atomic mass is 10.0. The number of hydrogen-bond acceptors (Lipinski definition) is 11. The Balaban J connectivity index is -0.000000182. The average molecular weight is 1330 g/mol. The van der Waals surface area contributed by atoms with Gasteiger partial charge in [-0.1, -0.05) is 304 Å². The van der Waals surface area contributed by atoms with Gasteiger partial charge in [0.05, 0.1) is 36.6 Å². The molecule has 1 aromatic heterocycles. The molecule has 0 bridgehead atoms. The van der Waals surface area contributed by atoms with Gasteiger partial charge in [0.2, 0.25) is 0 Å². The summed E-state index contributed by atoms with van der Waals surface area (Å²) in [6.45, 7) is 39.2. The van der Waals surface area contributed by atoms with E-state index >= 15 is 0 Å². The van der Waals surface area contributed by atoms with Crippen molar-refractivity contribution in [2.45, 2.75) is 214 Å². The molecule has 90 heavy (non-hydrogen) atoms. The first kappa shape index (κ1) is 97.6. The van der Waals surface area contributed by atoms with Gasteiger partial charge in [0.15, 0.2) is 6.67 Å². The summed E-state index contributed by atoms with van der Waals surface area (Å²) in [5.74, 6) is -1.22. The molecule has 0 N–H and O–H groups in total. The van der Waals surface area contributed by atoms with Crippen LogP contribution in [0.1, 0.15) is 213 Å². The Bertz CT molecular complexity index is 2070. The molecule has 1 unspecified atom stereocenters. The third-order valence-electron chi connectivity index (χ3n) is 11.1. The molecule has 1 aliphatic rings. The molecule has 1 aliphatic heterocycles. The second kappa shape index (κ2) is 81.0. The highest BCUT2D eigenvalue weighted by molar-refractivity contribution is 6.55. The lowest BCUT2D eigenvalue weighted by molar-refractivity contribution is -0.142. The van der Waals surface area contributed by atoms with E-state index in [0.717, 1.165) is 24.7 Å². The number of nitrogens with zero attached hydrogens (tertiary/aromatic N) is 2. The minimum Gasteiger partial charge on any atom is -0.463 e. The van der Waals surface area contributed by atoms with Crippen LogP contribution >= 0.6 is 34.8 Å². The number of esters is 4. The summed E-state index contributed by atoms with van der Waals surface area (Å²) in [6, 6.07) is 15.5. The highest BCUT2D eigenvalue weighted by atomic mass is 35.5. The number of pyridine rings is 1. The molecule has 0 amide bonds. The molecule has 3 rings (SSSR count). The van der Waals surface area contributed by atoms with E-state index in [0.29, 0.717) is 37.6 Å². The zero-order chi connectivity index (χ0) is 69.8. The van der Waals surface area contributed by atoms with Crippen LogP contribution < -0.4 is 0 Å². The van der Waals surface area contributed by atoms with E-state index in [2.05, 4.69) is 82.8 Å². The van der Waals surface area contributed by atoms with Crippen molar-refractivity contribution in [2.24, 2.45) is 0 Å². The van der Waals surface area contributed by atoms with Gasteiger partial charge in [0.25, 0.3) is 0 Å². The summed E-state index contributed by atoms with van der Waals surface area (Å²) >= 11 is 14.5. The Labute approximate surface area is 556 Å². The Morgan fingerprint density at radius 1 is 0.611 bits per heavy atom. The first-order chi connectivity index (χ1) is 42.9. The van der Waals surface area contributed by atoms with E-state index in [1.165, 1.54) is 184 Å². The van der Waals surface area contributed by atoms with Crippen LogP contribution in [0.25, 0.3) is 12.2 Å². The minimum atomic E-state index is -4.62. The van der Waals surface area contributed by atoms with E-state index in [9.17, 15) is 36.7 Å². The van der Waals surface area contributed by atoms with Gasteiger partial charge in [-0.05, 0) is 55.5 Å². The van der Waals surface area contributed by atoms with Crippen LogP contribution in [0.4, 0.5) is 17.6 Å². The topological polar surface area (TPSA) is 154 Å². The van der Waals surface area contributed by atoms with Crippen molar-refractivity contribution in [3.8, 4) is 6.07 Å². The molecule has 1 aromatic carbocycles. The fourth-order valence-corrected chi connectivity index (χ4v) is 6.42. The van der Waals surface area contributed by atoms with Crippen molar-refractivity contribution in [1.82, 2.24) is 4.98 Å². The molecular weight excluding hydrogens is 1220 g/mol.